The molecule has 0 radical (unpaired) electrons. The molecule has 0 bridgehead atoms. The average molecular weight is 422 g/mol. The van der Waals surface area contributed by atoms with Crippen LogP contribution in [0, 0.1) is 12.3 Å². The van der Waals surface area contributed by atoms with E-state index in [2.05, 4.69) is 37.2 Å². The molecule has 8 heteroatoms. The zero-order valence-electron chi connectivity index (χ0n) is 17.5. The number of hydrogen-bond donors (Lipinski definition) is 1. The Hall–Kier alpha value is -4.25. The lowest BCUT2D eigenvalue weighted by Crippen LogP contribution is -2.19. The first-order valence-electron chi connectivity index (χ1n) is 10.5. The second-order valence-electron chi connectivity index (χ2n) is 7.70. The molecule has 8 nitrogen and oxygen atoms in total. The van der Waals surface area contributed by atoms with Crippen LogP contribution in [-0.4, -0.2) is 43.0 Å². The van der Waals surface area contributed by atoms with Crippen molar-refractivity contribution in [3.63, 3.8) is 0 Å². The molecule has 4 aromatic rings. The van der Waals surface area contributed by atoms with Crippen molar-refractivity contribution in [2.75, 3.05) is 23.7 Å². The summed E-state index contributed by atoms with van der Waals surface area (Å²) in [6.45, 7) is 2.64. The number of aromatic nitrogens is 6. The molecule has 0 aliphatic carbocycles. The van der Waals surface area contributed by atoms with Crippen molar-refractivity contribution in [1.82, 2.24) is 29.9 Å². The molecule has 0 unspecified atom stereocenters. The van der Waals surface area contributed by atoms with Crippen LogP contribution < -0.4 is 10.6 Å². The van der Waals surface area contributed by atoms with Gasteiger partial charge in [-0.2, -0.15) is 0 Å². The van der Waals surface area contributed by atoms with Crippen LogP contribution in [0.15, 0.2) is 54.7 Å². The van der Waals surface area contributed by atoms with Crippen LogP contribution in [0.5, 0.6) is 0 Å². The number of nitrogens with zero attached hydrogens (tertiary/aromatic N) is 7. The Kier molecular flexibility index (Phi) is 5.22. The van der Waals surface area contributed by atoms with Gasteiger partial charge in [-0.05, 0) is 43.2 Å². The molecule has 0 spiro atoms. The van der Waals surface area contributed by atoms with Crippen LogP contribution in [0.1, 0.15) is 24.1 Å². The highest BCUT2D eigenvalue weighted by molar-refractivity contribution is 5.68. The topological polar surface area (TPSA) is 98.6 Å². The van der Waals surface area contributed by atoms with E-state index >= 15 is 0 Å². The molecule has 4 heterocycles. The maximum Gasteiger partial charge on any atom is 0.221 e. The minimum absolute atomic E-state index is 0.165. The van der Waals surface area contributed by atoms with Crippen molar-refractivity contribution < 1.29 is 0 Å². The molecule has 158 valence electrons. The number of hydrogen-bond acceptors (Lipinski definition) is 7. The Morgan fingerprint density at radius 3 is 2.59 bits per heavy atom. The van der Waals surface area contributed by atoms with Crippen molar-refractivity contribution in [1.29, 1.82) is 0 Å². The predicted octanol–water partition coefficient (Wildman–Crippen LogP) is 3.01. The number of terminal acetylenes is 1. The largest absolute Gasteiger partial charge is 0.368 e. The molecule has 3 aromatic heterocycles. The molecule has 0 atom stereocenters. The summed E-state index contributed by atoms with van der Waals surface area (Å²) in [4.78, 5) is 15.8. The summed E-state index contributed by atoms with van der Waals surface area (Å²) in [5, 5.41) is 8.55. The van der Waals surface area contributed by atoms with Crippen molar-refractivity contribution in [3.8, 4) is 35.0 Å². The summed E-state index contributed by atoms with van der Waals surface area (Å²) in [5.74, 6) is 3.82. The van der Waals surface area contributed by atoms with Gasteiger partial charge in [-0.15, -0.1) is 11.5 Å². The summed E-state index contributed by atoms with van der Waals surface area (Å²) in [6, 6.07) is 15.5. The molecule has 2 N–H and O–H groups in total. The first kappa shape index (κ1) is 19.7. The van der Waals surface area contributed by atoms with Gasteiger partial charge in [-0.1, -0.05) is 29.3 Å². The Morgan fingerprint density at radius 1 is 0.938 bits per heavy atom. The summed E-state index contributed by atoms with van der Waals surface area (Å²) in [7, 11) is 0. The molecule has 1 aromatic carbocycles. The fraction of sp³-hybridized carbons (Fsp3) is 0.208. The standard InChI is InChI=1S/C24H22N8/c1-2-17-7-5-8-18(13-17)20-14-21(28-24(25)27-20)22-16-32(30-29-22)15-19-9-6-10-23(26-19)31-11-3-4-12-31/h1,5-10,13-14,16H,3-4,11-12,15H2,(H2,25,27,28). The van der Waals surface area contributed by atoms with Crippen LogP contribution in [0.2, 0.25) is 0 Å². The van der Waals surface area contributed by atoms with E-state index in [1.54, 1.807) is 4.68 Å². The summed E-state index contributed by atoms with van der Waals surface area (Å²) >= 11 is 0. The van der Waals surface area contributed by atoms with Gasteiger partial charge < -0.3 is 10.6 Å². The Labute approximate surface area is 186 Å². The second-order valence-corrected chi connectivity index (χ2v) is 7.70. The van der Waals surface area contributed by atoms with E-state index in [9.17, 15) is 0 Å². The number of pyridine rings is 1. The number of benzene rings is 1. The van der Waals surface area contributed by atoms with E-state index in [-0.39, 0.29) is 5.95 Å². The minimum Gasteiger partial charge on any atom is -0.368 e. The minimum atomic E-state index is 0.165. The second kappa shape index (κ2) is 8.47. The lowest BCUT2D eigenvalue weighted by Gasteiger charge is -2.16. The average Bonchev–Trinajstić information content (AvgIpc) is 3.52. The van der Waals surface area contributed by atoms with Crippen LogP contribution in [-0.2, 0) is 6.54 Å². The number of rotatable bonds is 5. The van der Waals surface area contributed by atoms with Gasteiger partial charge in [0.1, 0.15) is 11.5 Å². The van der Waals surface area contributed by atoms with Gasteiger partial charge in [-0.25, -0.2) is 19.6 Å². The fourth-order valence-electron chi connectivity index (χ4n) is 3.85. The van der Waals surface area contributed by atoms with Crippen LogP contribution in [0.4, 0.5) is 11.8 Å². The van der Waals surface area contributed by atoms with E-state index < -0.39 is 0 Å². The van der Waals surface area contributed by atoms with Gasteiger partial charge in [0.25, 0.3) is 0 Å². The third kappa shape index (κ3) is 4.14. The monoisotopic (exact) mass is 422 g/mol. The summed E-state index contributed by atoms with van der Waals surface area (Å²) in [5.41, 5.74) is 10.4. The van der Waals surface area contributed by atoms with Crippen molar-refractivity contribution in [3.05, 3.63) is 66.0 Å². The molecule has 1 saturated heterocycles. The molecule has 0 amide bonds. The van der Waals surface area contributed by atoms with Crippen LogP contribution in [0.3, 0.4) is 0 Å². The zero-order chi connectivity index (χ0) is 21.9. The Morgan fingerprint density at radius 2 is 1.75 bits per heavy atom. The van der Waals surface area contributed by atoms with E-state index in [4.69, 9.17) is 17.1 Å². The maximum absolute atomic E-state index is 5.98. The lowest BCUT2D eigenvalue weighted by molar-refractivity contribution is 0.638. The molecular weight excluding hydrogens is 400 g/mol. The number of nitrogen functional groups attached to an aromatic ring is 1. The lowest BCUT2D eigenvalue weighted by atomic mass is 10.1. The first-order chi connectivity index (χ1) is 15.7. The SMILES string of the molecule is C#Cc1cccc(-c2cc(-c3cn(Cc4cccc(N5CCCC5)n4)nn3)nc(N)n2)c1. The molecular formula is C24H22N8. The Balaban J connectivity index is 1.39. The van der Waals surface area contributed by atoms with E-state index in [1.165, 1.54) is 12.8 Å². The van der Waals surface area contributed by atoms with Crippen molar-refractivity contribution in [2.45, 2.75) is 19.4 Å². The third-order valence-electron chi connectivity index (χ3n) is 5.42. The highest BCUT2D eigenvalue weighted by Crippen LogP contribution is 2.24. The van der Waals surface area contributed by atoms with Crippen LogP contribution >= 0.6 is 0 Å². The Bertz CT molecular complexity index is 1300. The molecule has 5 rings (SSSR count). The van der Waals surface area contributed by atoms with Crippen molar-refractivity contribution in [2.24, 2.45) is 0 Å². The summed E-state index contributed by atoms with van der Waals surface area (Å²) in [6.07, 6.45) is 9.80. The quantitative estimate of drug-likeness (QED) is 0.494. The van der Waals surface area contributed by atoms with Gasteiger partial charge >= 0.3 is 0 Å². The number of anilines is 2. The van der Waals surface area contributed by atoms with E-state index in [0.717, 1.165) is 35.7 Å². The maximum atomic E-state index is 5.98. The van der Waals surface area contributed by atoms with Crippen LogP contribution in [0.25, 0.3) is 22.6 Å². The van der Waals surface area contributed by atoms with Gasteiger partial charge in [0.05, 0.1) is 29.8 Å². The molecule has 1 fully saturated rings. The van der Waals surface area contributed by atoms with Gasteiger partial charge in [0.15, 0.2) is 0 Å². The van der Waals surface area contributed by atoms with E-state index in [1.807, 2.05) is 48.7 Å². The van der Waals surface area contributed by atoms with Gasteiger partial charge in [0, 0.05) is 24.2 Å². The number of nitrogens with two attached hydrogens (primary N) is 1. The molecule has 1 aliphatic rings. The third-order valence-corrected chi connectivity index (χ3v) is 5.42. The highest BCUT2D eigenvalue weighted by atomic mass is 15.4. The highest BCUT2D eigenvalue weighted by Gasteiger charge is 2.15. The van der Waals surface area contributed by atoms with Gasteiger partial charge in [0.2, 0.25) is 5.95 Å². The molecule has 0 saturated carbocycles. The van der Waals surface area contributed by atoms with Crippen molar-refractivity contribution >= 4 is 11.8 Å². The first-order valence-corrected chi connectivity index (χ1v) is 10.5. The van der Waals surface area contributed by atoms with E-state index in [0.29, 0.717) is 23.6 Å². The normalized spacial score (nSPS) is 13.3. The predicted molar refractivity (Wildman–Crippen MR) is 124 cm³/mol. The fourth-order valence-corrected chi connectivity index (χ4v) is 3.85. The summed E-state index contributed by atoms with van der Waals surface area (Å²) < 4.78 is 1.75. The molecule has 1 aliphatic heterocycles. The molecule has 32 heavy (non-hydrogen) atoms. The zero-order valence-corrected chi connectivity index (χ0v) is 17.5. The van der Waals surface area contributed by atoms with Gasteiger partial charge in [-0.3, -0.25) is 0 Å². The smallest absolute Gasteiger partial charge is 0.221 e.